The monoisotopic (exact) mass is 311 g/mol. The fourth-order valence-corrected chi connectivity index (χ4v) is 2.38. The molecular formula is C17H17N3O3. The molecular weight excluding hydrogens is 294 g/mol. The smallest absolute Gasteiger partial charge is 0.408 e. The average molecular weight is 311 g/mol. The number of benzene rings is 2. The Bertz CT molecular complexity index is 953. The van der Waals surface area contributed by atoms with E-state index in [4.69, 9.17) is 4.42 Å². The largest absolute Gasteiger partial charge is 0.419 e. The molecule has 6 heteroatoms. The van der Waals surface area contributed by atoms with Crippen molar-refractivity contribution in [3.8, 4) is 0 Å². The number of rotatable bonds is 2. The summed E-state index contributed by atoms with van der Waals surface area (Å²) in [6.07, 6.45) is 0. The summed E-state index contributed by atoms with van der Waals surface area (Å²) in [6.45, 7) is 3.94. The van der Waals surface area contributed by atoms with E-state index in [0.717, 1.165) is 16.8 Å². The quantitative estimate of drug-likeness (QED) is 0.761. The Labute approximate surface area is 132 Å². The molecule has 23 heavy (non-hydrogen) atoms. The fraction of sp³-hybridized carbons (Fsp3) is 0.176. The number of nitrogens with zero attached hydrogens (tertiary/aromatic N) is 1. The second kappa shape index (κ2) is 5.64. The van der Waals surface area contributed by atoms with E-state index in [-0.39, 0.29) is 6.03 Å². The van der Waals surface area contributed by atoms with Gasteiger partial charge >= 0.3 is 11.8 Å². The average Bonchev–Trinajstić information content (AvgIpc) is 2.78. The number of aromatic nitrogens is 1. The van der Waals surface area contributed by atoms with Crippen molar-refractivity contribution in [2.75, 3.05) is 10.6 Å². The fourth-order valence-electron chi connectivity index (χ4n) is 2.38. The molecule has 0 atom stereocenters. The van der Waals surface area contributed by atoms with Crippen LogP contribution >= 0.6 is 0 Å². The Morgan fingerprint density at radius 2 is 1.91 bits per heavy atom. The molecule has 0 aliphatic carbocycles. The molecule has 0 spiro atoms. The van der Waals surface area contributed by atoms with E-state index in [1.807, 2.05) is 32.0 Å². The lowest BCUT2D eigenvalue weighted by molar-refractivity contribution is 0.262. The van der Waals surface area contributed by atoms with Crippen LogP contribution in [0, 0.1) is 13.8 Å². The highest BCUT2D eigenvalue weighted by Crippen LogP contribution is 2.20. The molecule has 1 aromatic heterocycles. The Morgan fingerprint density at radius 3 is 2.70 bits per heavy atom. The van der Waals surface area contributed by atoms with Crippen LogP contribution in [0.2, 0.25) is 0 Å². The van der Waals surface area contributed by atoms with Crippen LogP contribution < -0.4 is 16.4 Å². The number of oxazole rings is 1. The second-order valence-electron chi connectivity index (χ2n) is 5.44. The van der Waals surface area contributed by atoms with Crippen molar-refractivity contribution in [1.82, 2.24) is 4.57 Å². The van der Waals surface area contributed by atoms with Gasteiger partial charge in [0.05, 0.1) is 5.52 Å². The predicted molar refractivity (Wildman–Crippen MR) is 90.0 cm³/mol. The van der Waals surface area contributed by atoms with Gasteiger partial charge in [-0.05, 0) is 43.2 Å². The Balaban J connectivity index is 1.80. The van der Waals surface area contributed by atoms with Gasteiger partial charge in [0, 0.05) is 24.5 Å². The second-order valence-corrected chi connectivity index (χ2v) is 5.44. The summed E-state index contributed by atoms with van der Waals surface area (Å²) in [5.74, 6) is -0.433. The summed E-state index contributed by atoms with van der Waals surface area (Å²) < 4.78 is 6.52. The van der Waals surface area contributed by atoms with Crippen LogP contribution in [0.5, 0.6) is 0 Å². The van der Waals surface area contributed by atoms with Crippen LogP contribution in [-0.2, 0) is 7.05 Å². The lowest BCUT2D eigenvalue weighted by Gasteiger charge is -2.11. The molecule has 0 aliphatic rings. The van der Waals surface area contributed by atoms with Gasteiger partial charge < -0.3 is 15.1 Å². The highest BCUT2D eigenvalue weighted by atomic mass is 16.4. The van der Waals surface area contributed by atoms with Gasteiger partial charge in [0.15, 0.2) is 5.58 Å². The Morgan fingerprint density at radius 1 is 1.13 bits per heavy atom. The third-order valence-corrected chi connectivity index (χ3v) is 3.90. The molecule has 1 heterocycles. The van der Waals surface area contributed by atoms with E-state index in [0.29, 0.717) is 16.8 Å². The van der Waals surface area contributed by atoms with Crippen molar-refractivity contribution in [1.29, 1.82) is 0 Å². The Kier molecular flexibility index (Phi) is 3.65. The van der Waals surface area contributed by atoms with Crippen LogP contribution in [-0.4, -0.2) is 10.6 Å². The topological polar surface area (TPSA) is 76.3 Å². The van der Waals surface area contributed by atoms with Crippen molar-refractivity contribution < 1.29 is 9.21 Å². The zero-order chi connectivity index (χ0) is 16.6. The van der Waals surface area contributed by atoms with Crippen molar-refractivity contribution in [2.24, 2.45) is 7.05 Å². The molecule has 0 saturated heterocycles. The van der Waals surface area contributed by atoms with Gasteiger partial charge in [0.25, 0.3) is 0 Å². The third-order valence-electron chi connectivity index (χ3n) is 3.90. The number of hydrogen-bond donors (Lipinski definition) is 2. The van der Waals surface area contributed by atoms with E-state index in [2.05, 4.69) is 10.6 Å². The zero-order valence-electron chi connectivity index (χ0n) is 13.1. The minimum Gasteiger partial charge on any atom is -0.408 e. The first-order valence-corrected chi connectivity index (χ1v) is 7.19. The van der Waals surface area contributed by atoms with Gasteiger partial charge in [-0.1, -0.05) is 12.1 Å². The number of urea groups is 1. The summed E-state index contributed by atoms with van der Waals surface area (Å²) in [5.41, 5.74) is 4.55. The van der Waals surface area contributed by atoms with Crippen molar-refractivity contribution in [3.63, 3.8) is 0 Å². The molecule has 0 fully saturated rings. The number of amides is 2. The van der Waals surface area contributed by atoms with Crippen LogP contribution in [0.25, 0.3) is 11.1 Å². The number of carbonyl (C=O) groups excluding carboxylic acids is 1. The number of nitrogens with one attached hydrogen (secondary N) is 2. The molecule has 3 aromatic rings. The summed E-state index contributed by atoms with van der Waals surface area (Å²) in [6, 6.07) is 10.5. The van der Waals surface area contributed by atoms with Gasteiger partial charge in [0.1, 0.15) is 0 Å². The maximum atomic E-state index is 12.1. The predicted octanol–water partition coefficient (Wildman–Crippen LogP) is 3.39. The van der Waals surface area contributed by atoms with E-state index >= 15 is 0 Å². The summed E-state index contributed by atoms with van der Waals surface area (Å²) in [5, 5.41) is 5.55. The van der Waals surface area contributed by atoms with Crippen LogP contribution in [0.4, 0.5) is 16.2 Å². The normalized spacial score (nSPS) is 10.7. The summed E-state index contributed by atoms with van der Waals surface area (Å²) in [7, 11) is 1.63. The SMILES string of the molecule is Cc1cccc(NC(=O)Nc2ccc3c(c2)oc(=O)n3C)c1C. The van der Waals surface area contributed by atoms with Crippen molar-refractivity contribution >= 4 is 28.5 Å². The first-order chi connectivity index (χ1) is 11.0. The molecule has 0 unspecified atom stereocenters. The Hall–Kier alpha value is -3.02. The van der Waals surface area contributed by atoms with E-state index in [1.165, 1.54) is 4.57 Å². The highest BCUT2D eigenvalue weighted by molar-refractivity contribution is 6.01. The first kappa shape index (κ1) is 14.9. The van der Waals surface area contributed by atoms with Crippen molar-refractivity contribution in [2.45, 2.75) is 13.8 Å². The molecule has 0 aliphatic heterocycles. The van der Waals surface area contributed by atoms with E-state index in [1.54, 1.807) is 25.2 Å². The number of anilines is 2. The number of carbonyl (C=O) groups is 1. The van der Waals surface area contributed by atoms with Crippen LogP contribution in [0.1, 0.15) is 11.1 Å². The minimum atomic E-state index is -0.433. The molecule has 2 amide bonds. The molecule has 118 valence electrons. The lowest BCUT2D eigenvalue weighted by atomic mass is 10.1. The molecule has 3 rings (SSSR count). The van der Waals surface area contributed by atoms with E-state index in [9.17, 15) is 9.59 Å². The zero-order valence-corrected chi connectivity index (χ0v) is 13.1. The van der Waals surface area contributed by atoms with Gasteiger partial charge in [-0.3, -0.25) is 4.57 Å². The summed E-state index contributed by atoms with van der Waals surface area (Å²) in [4.78, 5) is 23.6. The summed E-state index contributed by atoms with van der Waals surface area (Å²) >= 11 is 0. The maximum absolute atomic E-state index is 12.1. The molecule has 2 N–H and O–H groups in total. The van der Waals surface area contributed by atoms with E-state index < -0.39 is 5.76 Å². The minimum absolute atomic E-state index is 0.351. The van der Waals surface area contributed by atoms with Crippen LogP contribution in [0.3, 0.4) is 0 Å². The third kappa shape index (κ3) is 2.83. The first-order valence-electron chi connectivity index (χ1n) is 7.19. The van der Waals surface area contributed by atoms with Gasteiger partial charge in [-0.15, -0.1) is 0 Å². The lowest BCUT2D eigenvalue weighted by Crippen LogP contribution is -2.20. The van der Waals surface area contributed by atoms with Gasteiger partial charge in [0.2, 0.25) is 0 Å². The van der Waals surface area contributed by atoms with Gasteiger partial charge in [-0.2, -0.15) is 0 Å². The number of fused-ring (bicyclic) bond motifs is 1. The standard InChI is InChI=1S/C17H17N3O3/c1-10-5-4-6-13(11(10)2)19-16(21)18-12-7-8-14-15(9-12)23-17(22)20(14)3/h4-9H,1-3H3,(H2,18,19,21). The van der Waals surface area contributed by atoms with Crippen molar-refractivity contribution in [3.05, 3.63) is 58.1 Å². The molecule has 0 radical (unpaired) electrons. The molecule has 6 nitrogen and oxygen atoms in total. The number of aryl methyl sites for hydroxylation is 2. The molecule has 2 aromatic carbocycles. The maximum Gasteiger partial charge on any atom is 0.419 e. The molecule has 0 bridgehead atoms. The number of hydrogen-bond acceptors (Lipinski definition) is 3. The molecule has 0 saturated carbocycles. The van der Waals surface area contributed by atoms with Gasteiger partial charge in [-0.25, -0.2) is 9.59 Å². The van der Waals surface area contributed by atoms with Crippen LogP contribution in [0.15, 0.2) is 45.6 Å². The highest BCUT2D eigenvalue weighted by Gasteiger charge is 2.09.